The summed E-state index contributed by atoms with van der Waals surface area (Å²) < 4.78 is 0. The minimum atomic E-state index is 0.0159. The van der Waals surface area contributed by atoms with Gasteiger partial charge >= 0.3 is 0 Å². The van der Waals surface area contributed by atoms with E-state index in [9.17, 15) is 4.79 Å². The third-order valence-corrected chi connectivity index (χ3v) is 2.74. The molecule has 0 radical (unpaired) electrons. The van der Waals surface area contributed by atoms with Gasteiger partial charge in [-0.25, -0.2) is 0 Å². The van der Waals surface area contributed by atoms with E-state index in [1.165, 1.54) is 0 Å². The number of carbonyl (C=O) groups excluding carboxylic acids is 1. The van der Waals surface area contributed by atoms with Gasteiger partial charge in [-0.1, -0.05) is 36.4 Å². The molecule has 3 heteroatoms. The van der Waals surface area contributed by atoms with Crippen LogP contribution in [0.2, 0.25) is 0 Å². The van der Waals surface area contributed by atoms with E-state index in [0.717, 1.165) is 11.4 Å². The molecule has 0 fully saturated rings. The standard InChI is InChI=1S/C16H18N2O/c1-13(17-14-8-4-2-5-9-14)12-16(19)18-15-10-6-3-7-11-15/h2-11,13,17H,12H2,1H3,(H,18,19). The minimum Gasteiger partial charge on any atom is -0.382 e. The van der Waals surface area contributed by atoms with E-state index in [4.69, 9.17) is 0 Å². The van der Waals surface area contributed by atoms with Gasteiger partial charge in [0.2, 0.25) is 5.91 Å². The highest BCUT2D eigenvalue weighted by molar-refractivity contribution is 5.91. The van der Waals surface area contributed by atoms with Crippen LogP contribution in [-0.2, 0) is 4.79 Å². The molecule has 2 rings (SSSR count). The second-order valence-electron chi connectivity index (χ2n) is 4.53. The average molecular weight is 254 g/mol. The summed E-state index contributed by atoms with van der Waals surface area (Å²) in [7, 11) is 0. The van der Waals surface area contributed by atoms with Crippen molar-refractivity contribution in [3.63, 3.8) is 0 Å². The summed E-state index contributed by atoms with van der Waals surface area (Å²) in [6.07, 6.45) is 0.434. The molecule has 0 aromatic heterocycles. The molecule has 0 aliphatic heterocycles. The Morgan fingerprint density at radius 3 is 2.05 bits per heavy atom. The topological polar surface area (TPSA) is 41.1 Å². The fraction of sp³-hybridized carbons (Fsp3) is 0.188. The summed E-state index contributed by atoms with van der Waals surface area (Å²) in [4.78, 5) is 11.9. The lowest BCUT2D eigenvalue weighted by Gasteiger charge is -2.15. The van der Waals surface area contributed by atoms with Crippen molar-refractivity contribution in [1.82, 2.24) is 0 Å². The van der Waals surface area contributed by atoms with Crippen LogP contribution in [0.5, 0.6) is 0 Å². The van der Waals surface area contributed by atoms with Gasteiger partial charge in [0.25, 0.3) is 0 Å². The Hall–Kier alpha value is -2.29. The average Bonchev–Trinajstić information content (AvgIpc) is 2.40. The Kier molecular flexibility index (Phi) is 4.56. The molecule has 1 atom stereocenters. The van der Waals surface area contributed by atoms with Crippen LogP contribution in [0.1, 0.15) is 13.3 Å². The molecule has 3 nitrogen and oxygen atoms in total. The maximum atomic E-state index is 11.9. The second-order valence-corrected chi connectivity index (χ2v) is 4.53. The van der Waals surface area contributed by atoms with Crippen molar-refractivity contribution < 1.29 is 4.79 Å². The monoisotopic (exact) mass is 254 g/mol. The van der Waals surface area contributed by atoms with E-state index < -0.39 is 0 Å². The van der Waals surface area contributed by atoms with Gasteiger partial charge in [-0.15, -0.1) is 0 Å². The normalized spacial score (nSPS) is 11.6. The Balaban J connectivity index is 1.82. The highest BCUT2D eigenvalue weighted by atomic mass is 16.1. The second kappa shape index (κ2) is 6.59. The van der Waals surface area contributed by atoms with Crippen molar-refractivity contribution in [1.29, 1.82) is 0 Å². The molecule has 1 amide bonds. The number of anilines is 2. The number of amides is 1. The number of carbonyl (C=O) groups is 1. The fourth-order valence-electron chi connectivity index (χ4n) is 1.88. The molecule has 0 bridgehead atoms. The van der Waals surface area contributed by atoms with Crippen molar-refractivity contribution in [2.45, 2.75) is 19.4 Å². The van der Waals surface area contributed by atoms with Crippen LogP contribution in [0.15, 0.2) is 60.7 Å². The lowest BCUT2D eigenvalue weighted by atomic mass is 10.2. The van der Waals surface area contributed by atoms with E-state index >= 15 is 0 Å². The Morgan fingerprint density at radius 1 is 0.947 bits per heavy atom. The largest absolute Gasteiger partial charge is 0.382 e. The predicted octanol–water partition coefficient (Wildman–Crippen LogP) is 3.52. The van der Waals surface area contributed by atoms with Gasteiger partial charge in [-0.2, -0.15) is 0 Å². The summed E-state index contributed by atoms with van der Waals surface area (Å²) >= 11 is 0. The molecule has 0 saturated carbocycles. The van der Waals surface area contributed by atoms with E-state index in [-0.39, 0.29) is 11.9 Å². The number of rotatable bonds is 5. The predicted molar refractivity (Wildman–Crippen MR) is 79.2 cm³/mol. The van der Waals surface area contributed by atoms with Crippen LogP contribution >= 0.6 is 0 Å². The van der Waals surface area contributed by atoms with Crippen LogP contribution in [-0.4, -0.2) is 11.9 Å². The van der Waals surface area contributed by atoms with E-state index in [0.29, 0.717) is 6.42 Å². The summed E-state index contributed by atoms with van der Waals surface area (Å²) in [6.45, 7) is 2.00. The van der Waals surface area contributed by atoms with Crippen LogP contribution in [0, 0.1) is 0 Å². The number of para-hydroxylation sites is 2. The third kappa shape index (κ3) is 4.47. The van der Waals surface area contributed by atoms with E-state index in [1.807, 2.05) is 67.6 Å². The number of hydrogen-bond acceptors (Lipinski definition) is 2. The zero-order valence-electron chi connectivity index (χ0n) is 11.0. The number of benzene rings is 2. The number of nitrogens with one attached hydrogen (secondary N) is 2. The fourth-order valence-corrected chi connectivity index (χ4v) is 1.88. The number of hydrogen-bond donors (Lipinski definition) is 2. The molecule has 0 spiro atoms. The minimum absolute atomic E-state index is 0.0159. The summed E-state index contributed by atoms with van der Waals surface area (Å²) in [6, 6.07) is 19.5. The summed E-state index contributed by atoms with van der Waals surface area (Å²) in [5, 5.41) is 6.18. The first-order valence-electron chi connectivity index (χ1n) is 6.40. The maximum Gasteiger partial charge on any atom is 0.226 e. The zero-order chi connectivity index (χ0) is 13.5. The Bertz CT molecular complexity index is 511. The Labute approximate surface area is 113 Å². The molecule has 0 heterocycles. The van der Waals surface area contributed by atoms with E-state index in [2.05, 4.69) is 10.6 Å². The first-order chi connectivity index (χ1) is 9.24. The van der Waals surface area contributed by atoms with Gasteiger partial charge in [-0.05, 0) is 31.2 Å². The molecule has 0 saturated heterocycles. The van der Waals surface area contributed by atoms with Crippen LogP contribution in [0.4, 0.5) is 11.4 Å². The van der Waals surface area contributed by atoms with Gasteiger partial charge in [0.1, 0.15) is 0 Å². The first-order valence-corrected chi connectivity index (χ1v) is 6.40. The molecular weight excluding hydrogens is 236 g/mol. The third-order valence-electron chi connectivity index (χ3n) is 2.74. The first kappa shape index (κ1) is 13.1. The molecule has 0 aliphatic rings. The molecule has 2 aromatic carbocycles. The van der Waals surface area contributed by atoms with Gasteiger partial charge in [0.15, 0.2) is 0 Å². The highest BCUT2D eigenvalue weighted by Crippen LogP contribution is 2.10. The molecule has 0 aliphatic carbocycles. The quantitative estimate of drug-likeness (QED) is 0.857. The summed E-state index contributed by atoms with van der Waals surface area (Å²) in [5.74, 6) is 0.0159. The van der Waals surface area contributed by atoms with E-state index in [1.54, 1.807) is 0 Å². The molecule has 2 N–H and O–H groups in total. The maximum absolute atomic E-state index is 11.9. The highest BCUT2D eigenvalue weighted by Gasteiger charge is 2.08. The molecule has 98 valence electrons. The smallest absolute Gasteiger partial charge is 0.226 e. The molecular formula is C16H18N2O. The molecule has 19 heavy (non-hydrogen) atoms. The van der Waals surface area contributed by atoms with Gasteiger partial charge in [-0.3, -0.25) is 4.79 Å². The summed E-state index contributed by atoms with van der Waals surface area (Å²) in [5.41, 5.74) is 1.86. The molecule has 2 aromatic rings. The SMILES string of the molecule is CC(CC(=O)Nc1ccccc1)Nc1ccccc1. The van der Waals surface area contributed by atoms with Gasteiger partial charge < -0.3 is 10.6 Å². The molecule has 1 unspecified atom stereocenters. The van der Waals surface area contributed by atoms with Crippen LogP contribution in [0.3, 0.4) is 0 Å². The van der Waals surface area contributed by atoms with Crippen molar-refractivity contribution in [3.8, 4) is 0 Å². The van der Waals surface area contributed by atoms with Crippen molar-refractivity contribution >= 4 is 17.3 Å². The van der Waals surface area contributed by atoms with Crippen molar-refractivity contribution in [2.75, 3.05) is 10.6 Å². The van der Waals surface area contributed by atoms with Crippen molar-refractivity contribution in [3.05, 3.63) is 60.7 Å². The lowest BCUT2D eigenvalue weighted by Crippen LogP contribution is -2.23. The Morgan fingerprint density at radius 2 is 1.47 bits per heavy atom. The zero-order valence-corrected chi connectivity index (χ0v) is 11.0. The van der Waals surface area contributed by atoms with Crippen molar-refractivity contribution in [2.24, 2.45) is 0 Å². The lowest BCUT2D eigenvalue weighted by molar-refractivity contribution is -0.116. The van der Waals surface area contributed by atoms with Crippen LogP contribution in [0.25, 0.3) is 0 Å². The van der Waals surface area contributed by atoms with Gasteiger partial charge in [0, 0.05) is 23.8 Å². The van der Waals surface area contributed by atoms with Crippen LogP contribution < -0.4 is 10.6 Å². The van der Waals surface area contributed by atoms with Gasteiger partial charge in [0.05, 0.1) is 0 Å².